The molecule has 0 amide bonds. The van der Waals surface area contributed by atoms with E-state index in [0.29, 0.717) is 5.41 Å². The molecule has 0 saturated carbocycles. The lowest BCUT2D eigenvalue weighted by molar-refractivity contribution is 0.263. The first kappa shape index (κ1) is 11.2. The quantitative estimate of drug-likeness (QED) is 0.789. The fraction of sp³-hybridized carbons (Fsp3) is 0.615. The second-order valence-corrected chi connectivity index (χ2v) is 5.75. The van der Waals surface area contributed by atoms with Crippen molar-refractivity contribution in [3.63, 3.8) is 0 Å². The smallest absolute Gasteiger partial charge is 0.130 e. The van der Waals surface area contributed by atoms with Gasteiger partial charge in [-0.15, -0.1) is 0 Å². The molecule has 0 bridgehead atoms. The first-order valence-electron chi connectivity index (χ1n) is 5.93. The molecule has 0 aromatic carbocycles. The summed E-state index contributed by atoms with van der Waals surface area (Å²) in [7, 11) is 0. The van der Waals surface area contributed by atoms with Crippen molar-refractivity contribution < 1.29 is 0 Å². The van der Waals surface area contributed by atoms with Crippen LogP contribution in [0.2, 0.25) is 0 Å². The maximum absolute atomic E-state index is 5.78. The largest absolute Gasteiger partial charge is 0.399 e. The minimum atomic E-state index is 0.384. The van der Waals surface area contributed by atoms with Gasteiger partial charge in [-0.05, 0) is 23.8 Å². The number of hydrogen-bond acceptors (Lipinski definition) is 3. The molecule has 0 aliphatic carbocycles. The fourth-order valence-corrected chi connectivity index (χ4v) is 2.28. The van der Waals surface area contributed by atoms with Crippen LogP contribution in [0, 0.1) is 11.3 Å². The Labute approximate surface area is 97.7 Å². The highest BCUT2D eigenvalue weighted by atomic mass is 15.2. The van der Waals surface area contributed by atoms with Crippen LogP contribution in [0.4, 0.5) is 11.5 Å². The van der Waals surface area contributed by atoms with Crippen molar-refractivity contribution in [3.8, 4) is 0 Å². The molecule has 1 aliphatic rings. The Morgan fingerprint density at radius 3 is 2.75 bits per heavy atom. The van der Waals surface area contributed by atoms with E-state index >= 15 is 0 Å². The molecule has 1 unspecified atom stereocenters. The van der Waals surface area contributed by atoms with E-state index in [2.05, 4.69) is 30.7 Å². The Morgan fingerprint density at radius 1 is 1.44 bits per heavy atom. The summed E-state index contributed by atoms with van der Waals surface area (Å²) < 4.78 is 0. The zero-order valence-electron chi connectivity index (χ0n) is 10.4. The predicted octanol–water partition coefficient (Wildman–Crippen LogP) is 2.54. The summed E-state index contributed by atoms with van der Waals surface area (Å²) in [5.41, 5.74) is 6.96. The van der Waals surface area contributed by atoms with Gasteiger partial charge in [0.1, 0.15) is 5.82 Å². The van der Waals surface area contributed by atoms with E-state index in [-0.39, 0.29) is 0 Å². The molecule has 3 nitrogen and oxygen atoms in total. The van der Waals surface area contributed by atoms with Gasteiger partial charge in [0.25, 0.3) is 0 Å². The van der Waals surface area contributed by atoms with Gasteiger partial charge in [0.2, 0.25) is 0 Å². The molecule has 1 atom stereocenters. The van der Waals surface area contributed by atoms with Gasteiger partial charge in [0, 0.05) is 31.0 Å². The second kappa shape index (κ2) is 3.96. The maximum atomic E-state index is 5.78. The summed E-state index contributed by atoms with van der Waals surface area (Å²) in [6, 6.07) is 3.80. The van der Waals surface area contributed by atoms with E-state index in [1.165, 1.54) is 6.42 Å². The average Bonchev–Trinajstić information content (AvgIpc) is 2.65. The molecule has 1 saturated heterocycles. The van der Waals surface area contributed by atoms with Crippen molar-refractivity contribution in [1.29, 1.82) is 0 Å². The lowest BCUT2D eigenvalue weighted by atomic mass is 9.80. The summed E-state index contributed by atoms with van der Waals surface area (Å²) in [6.07, 6.45) is 3.04. The number of pyridine rings is 1. The average molecular weight is 219 g/mol. The minimum absolute atomic E-state index is 0.384. The van der Waals surface area contributed by atoms with Crippen molar-refractivity contribution >= 4 is 11.5 Å². The number of nitrogens with zero attached hydrogens (tertiary/aromatic N) is 2. The highest BCUT2D eigenvalue weighted by Crippen LogP contribution is 2.35. The molecule has 1 aromatic heterocycles. The van der Waals surface area contributed by atoms with Crippen LogP contribution in [0.5, 0.6) is 0 Å². The van der Waals surface area contributed by atoms with E-state index in [0.717, 1.165) is 30.5 Å². The van der Waals surface area contributed by atoms with Crippen LogP contribution in [0.3, 0.4) is 0 Å². The zero-order chi connectivity index (χ0) is 11.8. The van der Waals surface area contributed by atoms with Crippen molar-refractivity contribution in [2.75, 3.05) is 23.7 Å². The molecule has 3 heteroatoms. The number of nitrogen functional groups attached to an aromatic ring is 1. The topological polar surface area (TPSA) is 42.1 Å². The second-order valence-electron chi connectivity index (χ2n) is 5.75. The number of hydrogen-bond donors (Lipinski definition) is 1. The van der Waals surface area contributed by atoms with Crippen molar-refractivity contribution in [3.05, 3.63) is 18.3 Å². The van der Waals surface area contributed by atoms with Crippen LogP contribution in [0.1, 0.15) is 27.2 Å². The minimum Gasteiger partial charge on any atom is -0.399 e. The number of aromatic nitrogens is 1. The van der Waals surface area contributed by atoms with Crippen LogP contribution in [-0.2, 0) is 0 Å². The third kappa shape index (κ3) is 2.29. The zero-order valence-corrected chi connectivity index (χ0v) is 10.4. The Kier molecular flexibility index (Phi) is 2.78. The Balaban J connectivity index is 2.09. The van der Waals surface area contributed by atoms with Crippen molar-refractivity contribution in [2.45, 2.75) is 27.2 Å². The molecule has 2 rings (SSSR count). The van der Waals surface area contributed by atoms with Crippen LogP contribution >= 0.6 is 0 Å². The molecule has 88 valence electrons. The van der Waals surface area contributed by atoms with Gasteiger partial charge in [-0.2, -0.15) is 0 Å². The van der Waals surface area contributed by atoms with E-state index in [1.807, 2.05) is 12.1 Å². The summed E-state index contributed by atoms with van der Waals surface area (Å²) in [5, 5.41) is 0. The Bertz CT molecular complexity index is 368. The van der Waals surface area contributed by atoms with Gasteiger partial charge in [-0.1, -0.05) is 20.8 Å². The molecule has 2 N–H and O–H groups in total. The number of nitrogens with two attached hydrogens (primary N) is 1. The van der Waals surface area contributed by atoms with Gasteiger partial charge in [-0.3, -0.25) is 0 Å². The van der Waals surface area contributed by atoms with Gasteiger partial charge >= 0.3 is 0 Å². The first-order chi connectivity index (χ1) is 7.47. The monoisotopic (exact) mass is 219 g/mol. The van der Waals surface area contributed by atoms with E-state index < -0.39 is 0 Å². The van der Waals surface area contributed by atoms with Gasteiger partial charge < -0.3 is 10.6 Å². The molecule has 16 heavy (non-hydrogen) atoms. The van der Waals surface area contributed by atoms with Crippen LogP contribution in [0.15, 0.2) is 18.3 Å². The number of anilines is 2. The molecule has 0 spiro atoms. The summed E-state index contributed by atoms with van der Waals surface area (Å²) in [6.45, 7) is 9.13. The molecular weight excluding hydrogens is 198 g/mol. The molecule has 0 radical (unpaired) electrons. The molecule has 1 aromatic rings. The Hall–Kier alpha value is -1.25. The van der Waals surface area contributed by atoms with Crippen LogP contribution in [0.25, 0.3) is 0 Å². The van der Waals surface area contributed by atoms with E-state index in [9.17, 15) is 0 Å². The third-order valence-corrected chi connectivity index (χ3v) is 3.51. The van der Waals surface area contributed by atoms with Crippen LogP contribution < -0.4 is 10.6 Å². The first-order valence-corrected chi connectivity index (χ1v) is 5.93. The number of rotatable bonds is 1. The van der Waals surface area contributed by atoms with Crippen LogP contribution in [-0.4, -0.2) is 18.1 Å². The predicted molar refractivity (Wildman–Crippen MR) is 68.4 cm³/mol. The van der Waals surface area contributed by atoms with Gasteiger partial charge in [0.05, 0.1) is 0 Å². The maximum Gasteiger partial charge on any atom is 0.130 e. The highest BCUT2D eigenvalue weighted by Gasteiger charge is 2.32. The summed E-state index contributed by atoms with van der Waals surface area (Å²) >= 11 is 0. The van der Waals surface area contributed by atoms with E-state index in [1.54, 1.807) is 6.20 Å². The molecule has 1 fully saturated rings. The van der Waals surface area contributed by atoms with E-state index in [4.69, 9.17) is 5.73 Å². The Morgan fingerprint density at radius 2 is 2.19 bits per heavy atom. The van der Waals surface area contributed by atoms with Gasteiger partial charge in [-0.25, -0.2) is 4.98 Å². The highest BCUT2D eigenvalue weighted by molar-refractivity contribution is 5.50. The standard InChI is InChI=1S/C13H21N3/c1-13(2,3)10-5-7-16(9-10)12-8-11(14)4-6-15-12/h4,6,8,10H,5,7,9H2,1-3H3,(H2,14,15). The van der Waals surface area contributed by atoms with Crippen molar-refractivity contribution in [2.24, 2.45) is 11.3 Å². The SMILES string of the molecule is CC(C)(C)C1CCN(c2cc(N)ccn2)C1. The fourth-order valence-electron chi connectivity index (χ4n) is 2.28. The lowest BCUT2D eigenvalue weighted by Crippen LogP contribution is -2.26. The summed E-state index contributed by atoms with van der Waals surface area (Å²) in [5.74, 6) is 1.77. The third-order valence-electron chi connectivity index (χ3n) is 3.51. The van der Waals surface area contributed by atoms with Gasteiger partial charge in [0.15, 0.2) is 0 Å². The normalized spacial score (nSPS) is 21.4. The summed E-state index contributed by atoms with van der Waals surface area (Å²) in [4.78, 5) is 6.72. The lowest BCUT2D eigenvalue weighted by Gasteiger charge is -2.27. The molecular formula is C13H21N3. The molecule has 2 heterocycles. The molecule has 1 aliphatic heterocycles. The van der Waals surface area contributed by atoms with Crippen molar-refractivity contribution in [1.82, 2.24) is 4.98 Å².